The summed E-state index contributed by atoms with van der Waals surface area (Å²) in [6, 6.07) is 6.25. The Bertz CT molecular complexity index is 874. The molecule has 0 atom stereocenters. The third-order valence-electron chi connectivity index (χ3n) is 3.31. The van der Waals surface area contributed by atoms with Crippen molar-refractivity contribution in [1.82, 2.24) is 20.3 Å². The summed E-state index contributed by atoms with van der Waals surface area (Å²) in [6.45, 7) is 4.24. The Hall–Kier alpha value is -2.96. The Balaban J connectivity index is 2.10. The lowest BCUT2D eigenvalue weighted by atomic mass is 10.1. The molecule has 2 aromatic heterocycles. The standard InChI is InChI=1S/C16H16FN5O/c1-3-18-16(23)22-15-20-12-8-9(2)7-10(14(12)21-15)13-11(17)5-4-6-19-13/h4-8H,3H2,1-2H3,(H3,18,20,21,22,23). The first-order chi connectivity index (χ1) is 11.1. The first kappa shape index (κ1) is 15.0. The lowest BCUT2D eigenvalue weighted by molar-refractivity contribution is 0.252. The predicted molar refractivity (Wildman–Crippen MR) is 86.7 cm³/mol. The average Bonchev–Trinajstić information content (AvgIpc) is 2.89. The van der Waals surface area contributed by atoms with Crippen LogP contribution in [0.5, 0.6) is 0 Å². The first-order valence-electron chi connectivity index (χ1n) is 7.24. The van der Waals surface area contributed by atoms with Gasteiger partial charge in [-0.2, -0.15) is 0 Å². The molecule has 2 amide bonds. The summed E-state index contributed by atoms with van der Waals surface area (Å²) in [7, 11) is 0. The zero-order valence-electron chi connectivity index (χ0n) is 12.8. The van der Waals surface area contributed by atoms with Crippen LogP contribution in [0.25, 0.3) is 22.3 Å². The maximum Gasteiger partial charge on any atom is 0.321 e. The van der Waals surface area contributed by atoms with Crippen molar-refractivity contribution in [1.29, 1.82) is 0 Å². The van der Waals surface area contributed by atoms with Crippen LogP contribution in [0, 0.1) is 12.7 Å². The van der Waals surface area contributed by atoms with E-state index in [4.69, 9.17) is 0 Å². The van der Waals surface area contributed by atoms with E-state index in [9.17, 15) is 9.18 Å². The van der Waals surface area contributed by atoms with Gasteiger partial charge in [0.2, 0.25) is 5.95 Å². The number of aromatic nitrogens is 3. The van der Waals surface area contributed by atoms with Gasteiger partial charge in [0.25, 0.3) is 0 Å². The highest BCUT2D eigenvalue weighted by molar-refractivity contribution is 5.95. The fourth-order valence-electron chi connectivity index (χ4n) is 2.40. The number of aryl methyl sites for hydroxylation is 1. The van der Waals surface area contributed by atoms with Crippen LogP contribution in [0.1, 0.15) is 12.5 Å². The second-order valence-corrected chi connectivity index (χ2v) is 5.11. The number of carbonyl (C=O) groups is 1. The number of halogens is 1. The number of benzene rings is 1. The third-order valence-corrected chi connectivity index (χ3v) is 3.31. The summed E-state index contributed by atoms with van der Waals surface area (Å²) in [5.41, 5.74) is 3.01. The Labute approximate surface area is 132 Å². The number of hydrogen-bond donors (Lipinski definition) is 3. The molecule has 0 aliphatic heterocycles. The van der Waals surface area contributed by atoms with Gasteiger partial charge in [-0.3, -0.25) is 10.3 Å². The third kappa shape index (κ3) is 2.98. The summed E-state index contributed by atoms with van der Waals surface area (Å²) in [5.74, 6) is -0.116. The zero-order valence-corrected chi connectivity index (χ0v) is 12.8. The second-order valence-electron chi connectivity index (χ2n) is 5.11. The highest BCUT2D eigenvalue weighted by Crippen LogP contribution is 2.29. The van der Waals surface area contributed by atoms with Crippen LogP contribution in [0.15, 0.2) is 30.5 Å². The van der Waals surface area contributed by atoms with Crippen molar-refractivity contribution in [3.05, 3.63) is 41.8 Å². The van der Waals surface area contributed by atoms with Crippen LogP contribution in [0.3, 0.4) is 0 Å². The van der Waals surface area contributed by atoms with E-state index in [2.05, 4.69) is 25.6 Å². The minimum Gasteiger partial charge on any atom is -0.338 e. The van der Waals surface area contributed by atoms with Gasteiger partial charge in [0.1, 0.15) is 17.0 Å². The van der Waals surface area contributed by atoms with Crippen LogP contribution >= 0.6 is 0 Å². The number of rotatable bonds is 3. The molecule has 0 saturated carbocycles. The molecular weight excluding hydrogens is 297 g/mol. The van der Waals surface area contributed by atoms with Crippen molar-refractivity contribution < 1.29 is 9.18 Å². The van der Waals surface area contributed by atoms with Gasteiger partial charge in [-0.05, 0) is 43.7 Å². The minimum atomic E-state index is -0.416. The molecule has 3 rings (SSSR count). The number of nitrogens with one attached hydrogen (secondary N) is 3. The summed E-state index contributed by atoms with van der Waals surface area (Å²) >= 11 is 0. The number of anilines is 1. The molecule has 2 heterocycles. The van der Waals surface area contributed by atoms with Crippen molar-refractivity contribution in [3.63, 3.8) is 0 Å². The SMILES string of the molecule is CCNC(=O)Nc1nc2c(-c3ncccc3F)cc(C)cc2[nH]1. The molecule has 1 aromatic carbocycles. The van der Waals surface area contributed by atoms with Gasteiger partial charge >= 0.3 is 6.03 Å². The summed E-state index contributed by atoms with van der Waals surface area (Å²) in [6.07, 6.45) is 1.53. The lowest BCUT2D eigenvalue weighted by Crippen LogP contribution is -2.28. The van der Waals surface area contributed by atoms with Gasteiger partial charge in [0, 0.05) is 18.3 Å². The fraction of sp³-hybridized carbons (Fsp3) is 0.188. The van der Waals surface area contributed by atoms with Gasteiger partial charge < -0.3 is 10.3 Å². The highest BCUT2D eigenvalue weighted by Gasteiger charge is 2.15. The van der Waals surface area contributed by atoms with Crippen LogP contribution in [-0.4, -0.2) is 27.5 Å². The van der Waals surface area contributed by atoms with E-state index in [-0.39, 0.29) is 11.7 Å². The fourth-order valence-corrected chi connectivity index (χ4v) is 2.40. The molecule has 3 N–H and O–H groups in total. The normalized spacial score (nSPS) is 10.7. The number of fused-ring (bicyclic) bond motifs is 1. The number of urea groups is 1. The smallest absolute Gasteiger partial charge is 0.321 e. The molecule has 0 aliphatic rings. The maximum atomic E-state index is 14.1. The topological polar surface area (TPSA) is 82.7 Å². The molecule has 3 aromatic rings. The number of hydrogen-bond acceptors (Lipinski definition) is 3. The highest BCUT2D eigenvalue weighted by atomic mass is 19.1. The molecule has 0 unspecified atom stereocenters. The van der Waals surface area contributed by atoms with Crippen LogP contribution in [-0.2, 0) is 0 Å². The largest absolute Gasteiger partial charge is 0.338 e. The Morgan fingerprint density at radius 1 is 1.39 bits per heavy atom. The van der Waals surface area contributed by atoms with E-state index in [1.165, 1.54) is 12.3 Å². The Morgan fingerprint density at radius 3 is 2.96 bits per heavy atom. The number of nitrogens with zero attached hydrogens (tertiary/aromatic N) is 2. The monoisotopic (exact) mass is 313 g/mol. The molecule has 0 radical (unpaired) electrons. The zero-order chi connectivity index (χ0) is 16.4. The van der Waals surface area contributed by atoms with E-state index in [0.717, 1.165) is 5.56 Å². The van der Waals surface area contributed by atoms with Crippen molar-refractivity contribution >= 4 is 23.0 Å². The molecule has 0 aliphatic carbocycles. The van der Waals surface area contributed by atoms with Gasteiger partial charge in [0.15, 0.2) is 0 Å². The second kappa shape index (κ2) is 6.04. The van der Waals surface area contributed by atoms with Crippen LogP contribution < -0.4 is 10.6 Å². The van der Waals surface area contributed by atoms with Gasteiger partial charge in [-0.25, -0.2) is 14.2 Å². The van der Waals surface area contributed by atoms with Gasteiger partial charge in [-0.15, -0.1) is 0 Å². The van der Waals surface area contributed by atoms with Crippen molar-refractivity contribution in [2.75, 3.05) is 11.9 Å². The predicted octanol–water partition coefficient (Wildman–Crippen LogP) is 3.21. The number of carbonyl (C=O) groups excluding carboxylic acids is 1. The van der Waals surface area contributed by atoms with E-state index in [1.807, 2.05) is 26.0 Å². The maximum absolute atomic E-state index is 14.1. The Kier molecular flexibility index (Phi) is 3.92. The lowest BCUT2D eigenvalue weighted by Gasteiger charge is -2.04. The average molecular weight is 313 g/mol. The molecule has 23 heavy (non-hydrogen) atoms. The Morgan fingerprint density at radius 2 is 2.22 bits per heavy atom. The molecule has 0 spiro atoms. The van der Waals surface area contributed by atoms with E-state index < -0.39 is 5.82 Å². The minimum absolute atomic E-state index is 0.234. The van der Waals surface area contributed by atoms with Gasteiger partial charge in [0.05, 0.1) is 5.52 Å². The molecule has 0 fully saturated rings. The summed E-state index contributed by atoms with van der Waals surface area (Å²) in [5, 5.41) is 5.24. The van der Waals surface area contributed by atoms with Crippen LogP contribution in [0.4, 0.5) is 15.1 Å². The number of amides is 2. The number of aromatic amines is 1. The summed E-state index contributed by atoms with van der Waals surface area (Å²) < 4.78 is 14.1. The van der Waals surface area contributed by atoms with Crippen molar-refractivity contribution in [3.8, 4) is 11.3 Å². The molecule has 0 bridgehead atoms. The van der Waals surface area contributed by atoms with E-state index >= 15 is 0 Å². The van der Waals surface area contributed by atoms with E-state index in [0.29, 0.717) is 29.1 Å². The molecule has 118 valence electrons. The van der Waals surface area contributed by atoms with Crippen molar-refractivity contribution in [2.24, 2.45) is 0 Å². The number of imidazole rings is 1. The summed E-state index contributed by atoms with van der Waals surface area (Å²) in [4.78, 5) is 23.1. The van der Waals surface area contributed by atoms with Crippen molar-refractivity contribution in [2.45, 2.75) is 13.8 Å². The van der Waals surface area contributed by atoms with Gasteiger partial charge in [-0.1, -0.05) is 0 Å². The first-order valence-corrected chi connectivity index (χ1v) is 7.24. The van der Waals surface area contributed by atoms with Crippen LogP contribution in [0.2, 0.25) is 0 Å². The molecule has 0 saturated heterocycles. The molecule has 6 nitrogen and oxygen atoms in total. The molecule has 7 heteroatoms. The number of H-pyrrole nitrogens is 1. The molecular formula is C16H16FN5O. The van der Waals surface area contributed by atoms with E-state index in [1.54, 1.807) is 6.07 Å². The number of pyridine rings is 1. The quantitative estimate of drug-likeness (QED) is 0.694.